The van der Waals surface area contributed by atoms with Gasteiger partial charge in [0.1, 0.15) is 4.90 Å². The normalized spacial score (nSPS) is 11.5. The Balaban J connectivity index is 2.47. The first-order chi connectivity index (χ1) is 8.43. The molecule has 0 atom stereocenters. The van der Waals surface area contributed by atoms with E-state index in [1.165, 1.54) is 15.6 Å². The number of para-hydroxylation sites is 1. The molecule has 0 aliphatic carbocycles. The van der Waals surface area contributed by atoms with E-state index in [1.807, 2.05) is 18.2 Å². The van der Waals surface area contributed by atoms with Crippen LogP contribution in [0.25, 0.3) is 0 Å². The Labute approximate surface area is 119 Å². The zero-order valence-corrected chi connectivity index (χ0v) is 13.1. The summed E-state index contributed by atoms with van der Waals surface area (Å²) in [6, 6.07) is 10.7. The Kier molecular flexibility index (Phi) is 3.79. The summed E-state index contributed by atoms with van der Waals surface area (Å²) in [7, 11) is -1.92. The van der Waals surface area contributed by atoms with E-state index in [9.17, 15) is 8.42 Å². The molecule has 0 N–H and O–H groups in total. The van der Waals surface area contributed by atoms with E-state index < -0.39 is 10.0 Å². The lowest BCUT2D eigenvalue weighted by Crippen LogP contribution is -2.26. The highest BCUT2D eigenvalue weighted by molar-refractivity contribution is 9.11. The van der Waals surface area contributed by atoms with Crippen molar-refractivity contribution in [1.29, 1.82) is 0 Å². The molecule has 0 unspecified atom stereocenters. The number of halogens is 1. The van der Waals surface area contributed by atoms with E-state index >= 15 is 0 Å². The van der Waals surface area contributed by atoms with E-state index in [4.69, 9.17) is 0 Å². The van der Waals surface area contributed by atoms with Gasteiger partial charge in [-0.3, -0.25) is 4.31 Å². The van der Waals surface area contributed by atoms with Crippen LogP contribution in [0, 0.1) is 6.92 Å². The van der Waals surface area contributed by atoms with Gasteiger partial charge in [0.2, 0.25) is 0 Å². The topological polar surface area (TPSA) is 37.4 Å². The van der Waals surface area contributed by atoms with Gasteiger partial charge in [-0.2, -0.15) is 0 Å². The summed E-state index contributed by atoms with van der Waals surface area (Å²) in [6.45, 7) is 1.81. The number of rotatable bonds is 3. The lowest BCUT2D eigenvalue weighted by atomic mass is 10.3. The zero-order valence-electron chi connectivity index (χ0n) is 9.92. The molecule has 1 heterocycles. The molecule has 6 heteroatoms. The molecule has 0 aliphatic rings. The Morgan fingerprint density at radius 2 is 1.83 bits per heavy atom. The van der Waals surface area contributed by atoms with Crippen molar-refractivity contribution < 1.29 is 8.42 Å². The summed E-state index contributed by atoms with van der Waals surface area (Å²) < 4.78 is 27.1. The highest BCUT2D eigenvalue weighted by atomic mass is 79.9. The molecular weight excluding hydrogens is 334 g/mol. The van der Waals surface area contributed by atoms with Crippen molar-refractivity contribution in [1.82, 2.24) is 0 Å². The van der Waals surface area contributed by atoms with Gasteiger partial charge in [-0.05, 0) is 41.1 Å². The number of anilines is 1. The molecule has 0 radical (unpaired) electrons. The summed E-state index contributed by atoms with van der Waals surface area (Å²) in [4.78, 5) is 1.13. The second-order valence-electron chi connectivity index (χ2n) is 3.78. The predicted octanol–water partition coefficient (Wildman–Crippen LogP) is 3.64. The fourth-order valence-electron chi connectivity index (χ4n) is 1.61. The number of sulfonamides is 1. The average molecular weight is 346 g/mol. The molecule has 0 aliphatic heterocycles. The number of benzene rings is 1. The molecule has 2 rings (SSSR count). The van der Waals surface area contributed by atoms with Crippen LogP contribution in [0.3, 0.4) is 0 Å². The van der Waals surface area contributed by atoms with Gasteiger partial charge in [0.15, 0.2) is 0 Å². The van der Waals surface area contributed by atoms with Crippen LogP contribution in [0.5, 0.6) is 0 Å². The lowest BCUT2D eigenvalue weighted by Gasteiger charge is -2.19. The highest BCUT2D eigenvalue weighted by Gasteiger charge is 2.24. The van der Waals surface area contributed by atoms with Gasteiger partial charge in [0.25, 0.3) is 10.0 Å². The van der Waals surface area contributed by atoms with Crippen molar-refractivity contribution in [3.05, 3.63) is 45.1 Å². The first kappa shape index (κ1) is 13.6. The van der Waals surface area contributed by atoms with Gasteiger partial charge < -0.3 is 0 Å². The SMILES string of the molecule is Cc1sc(Br)cc1S(=O)(=O)N(C)c1ccccc1. The van der Waals surface area contributed by atoms with Gasteiger partial charge in [-0.1, -0.05) is 18.2 Å². The monoisotopic (exact) mass is 345 g/mol. The maximum absolute atomic E-state index is 12.5. The number of nitrogens with zero attached hydrogens (tertiary/aromatic N) is 1. The second-order valence-corrected chi connectivity index (χ2v) is 8.35. The molecule has 2 aromatic rings. The minimum absolute atomic E-state index is 0.353. The van der Waals surface area contributed by atoms with Crippen LogP contribution in [0.4, 0.5) is 5.69 Å². The summed E-state index contributed by atoms with van der Waals surface area (Å²) >= 11 is 4.74. The molecule has 1 aromatic carbocycles. The van der Waals surface area contributed by atoms with E-state index in [-0.39, 0.29) is 0 Å². The third-order valence-electron chi connectivity index (χ3n) is 2.60. The van der Waals surface area contributed by atoms with Gasteiger partial charge in [0, 0.05) is 11.9 Å². The van der Waals surface area contributed by atoms with Gasteiger partial charge in [-0.25, -0.2) is 8.42 Å². The Bertz CT molecular complexity index is 650. The fourth-order valence-corrected chi connectivity index (χ4v) is 5.19. The first-order valence-corrected chi connectivity index (χ1v) is 8.28. The summed E-state index contributed by atoms with van der Waals surface area (Å²) in [6.07, 6.45) is 0. The van der Waals surface area contributed by atoms with E-state index in [1.54, 1.807) is 32.2 Å². The van der Waals surface area contributed by atoms with Gasteiger partial charge in [-0.15, -0.1) is 11.3 Å². The Hall–Kier alpha value is -0.850. The standard InChI is InChI=1S/C12H12BrNO2S2/c1-9-11(8-12(13)17-9)18(15,16)14(2)10-6-4-3-5-7-10/h3-8H,1-2H3. The minimum Gasteiger partial charge on any atom is -0.269 e. The van der Waals surface area contributed by atoms with Crippen molar-refractivity contribution in [2.75, 3.05) is 11.4 Å². The molecule has 0 spiro atoms. The second kappa shape index (κ2) is 5.03. The van der Waals surface area contributed by atoms with Crippen LogP contribution in [-0.2, 0) is 10.0 Å². The summed E-state index contributed by atoms with van der Waals surface area (Å²) in [5.74, 6) is 0. The van der Waals surface area contributed by atoms with Crippen LogP contribution in [0.15, 0.2) is 45.1 Å². The fraction of sp³-hybridized carbons (Fsp3) is 0.167. The smallest absolute Gasteiger partial charge is 0.265 e. The highest BCUT2D eigenvalue weighted by Crippen LogP contribution is 2.32. The molecule has 1 aromatic heterocycles. The predicted molar refractivity (Wildman–Crippen MR) is 78.8 cm³/mol. The van der Waals surface area contributed by atoms with Gasteiger partial charge >= 0.3 is 0 Å². The summed E-state index contributed by atoms with van der Waals surface area (Å²) in [5, 5.41) is 0. The molecular formula is C12H12BrNO2S2. The van der Waals surface area contributed by atoms with Crippen molar-refractivity contribution in [2.24, 2.45) is 0 Å². The van der Waals surface area contributed by atoms with Crippen LogP contribution in [0.2, 0.25) is 0 Å². The molecule has 0 bridgehead atoms. The average Bonchev–Trinajstić information content (AvgIpc) is 2.69. The maximum atomic E-state index is 12.5. The lowest BCUT2D eigenvalue weighted by molar-refractivity contribution is 0.594. The van der Waals surface area contributed by atoms with Crippen LogP contribution >= 0.6 is 27.3 Å². The Morgan fingerprint density at radius 1 is 1.22 bits per heavy atom. The van der Waals surface area contributed by atoms with E-state index in [0.29, 0.717) is 10.6 Å². The van der Waals surface area contributed by atoms with E-state index in [0.717, 1.165) is 8.66 Å². The summed E-state index contributed by atoms with van der Waals surface area (Å²) in [5.41, 5.74) is 0.652. The minimum atomic E-state index is -3.49. The number of thiophene rings is 1. The largest absolute Gasteiger partial charge is 0.269 e. The quantitative estimate of drug-likeness (QED) is 0.851. The van der Waals surface area contributed by atoms with Crippen molar-refractivity contribution in [2.45, 2.75) is 11.8 Å². The number of hydrogen-bond acceptors (Lipinski definition) is 3. The van der Waals surface area contributed by atoms with Crippen molar-refractivity contribution in [3.63, 3.8) is 0 Å². The van der Waals surface area contributed by atoms with Crippen molar-refractivity contribution >= 4 is 43.0 Å². The van der Waals surface area contributed by atoms with Crippen molar-refractivity contribution in [3.8, 4) is 0 Å². The molecule has 18 heavy (non-hydrogen) atoms. The first-order valence-electron chi connectivity index (χ1n) is 5.23. The van der Waals surface area contributed by atoms with Crippen LogP contribution in [-0.4, -0.2) is 15.5 Å². The van der Waals surface area contributed by atoms with Crippen LogP contribution < -0.4 is 4.31 Å². The molecule has 0 saturated heterocycles. The maximum Gasteiger partial charge on any atom is 0.265 e. The van der Waals surface area contributed by atoms with Crippen LogP contribution in [0.1, 0.15) is 4.88 Å². The number of aryl methyl sites for hydroxylation is 1. The third kappa shape index (κ3) is 2.46. The molecule has 0 fully saturated rings. The Morgan fingerprint density at radius 3 is 2.33 bits per heavy atom. The number of hydrogen-bond donors (Lipinski definition) is 0. The van der Waals surface area contributed by atoms with E-state index in [2.05, 4.69) is 15.9 Å². The molecule has 0 amide bonds. The molecule has 96 valence electrons. The molecule has 3 nitrogen and oxygen atoms in total. The zero-order chi connectivity index (χ0) is 13.3. The molecule has 0 saturated carbocycles. The van der Waals surface area contributed by atoms with Gasteiger partial charge in [0.05, 0.1) is 9.47 Å². The third-order valence-corrected chi connectivity index (χ3v) is 6.19.